The molecule has 98 valence electrons. The van der Waals surface area contributed by atoms with E-state index in [1.54, 1.807) is 18.0 Å². The van der Waals surface area contributed by atoms with E-state index in [0.29, 0.717) is 16.5 Å². The normalized spacial score (nSPS) is 11.5. The molecule has 1 aromatic heterocycles. The molecule has 3 N–H and O–H groups in total. The molecule has 19 heavy (non-hydrogen) atoms. The van der Waals surface area contributed by atoms with Crippen molar-refractivity contribution < 1.29 is 5.21 Å². The Balaban J connectivity index is 2.16. The van der Waals surface area contributed by atoms with Crippen LogP contribution in [-0.4, -0.2) is 16.0 Å². The van der Waals surface area contributed by atoms with Gasteiger partial charge in [-0.1, -0.05) is 28.9 Å². The zero-order valence-corrected chi connectivity index (χ0v) is 11.5. The lowest BCUT2D eigenvalue weighted by Gasteiger charge is -2.07. The number of oxime groups is 1. The lowest BCUT2D eigenvalue weighted by atomic mass is 10.2. The predicted octanol–water partition coefficient (Wildman–Crippen LogP) is 3.12. The Morgan fingerprint density at radius 3 is 2.95 bits per heavy atom. The summed E-state index contributed by atoms with van der Waals surface area (Å²) >= 11 is 7.55. The smallest absolute Gasteiger partial charge is 0.189 e. The highest BCUT2D eigenvalue weighted by Gasteiger charge is 2.08. The van der Waals surface area contributed by atoms with Gasteiger partial charge < -0.3 is 10.9 Å². The number of halogens is 1. The summed E-state index contributed by atoms with van der Waals surface area (Å²) in [5, 5.41) is 12.4. The van der Waals surface area contributed by atoms with E-state index in [0.717, 1.165) is 10.5 Å². The minimum absolute atomic E-state index is 0.0160. The first-order chi connectivity index (χ1) is 9.20. The van der Waals surface area contributed by atoms with Crippen molar-refractivity contribution in [3.8, 4) is 0 Å². The third-order valence-electron chi connectivity index (χ3n) is 2.43. The van der Waals surface area contributed by atoms with Gasteiger partial charge in [-0.3, -0.25) is 4.98 Å². The molecule has 2 aromatic rings. The van der Waals surface area contributed by atoms with Crippen molar-refractivity contribution in [2.75, 3.05) is 0 Å². The Bertz CT molecular complexity index is 604. The van der Waals surface area contributed by atoms with Crippen LogP contribution in [0.2, 0.25) is 5.02 Å². The molecule has 0 radical (unpaired) electrons. The van der Waals surface area contributed by atoms with Gasteiger partial charge >= 0.3 is 0 Å². The Kier molecular flexibility index (Phi) is 4.65. The molecule has 0 saturated heterocycles. The average Bonchev–Trinajstić information content (AvgIpc) is 2.45. The molecule has 0 fully saturated rings. The van der Waals surface area contributed by atoms with Crippen LogP contribution >= 0.6 is 23.4 Å². The van der Waals surface area contributed by atoms with Gasteiger partial charge in [0, 0.05) is 21.9 Å². The number of thioether (sulfide) groups is 1. The number of aromatic nitrogens is 1. The first-order valence-electron chi connectivity index (χ1n) is 5.51. The number of nitrogens with two attached hydrogens (primary N) is 1. The third-order valence-corrected chi connectivity index (χ3v) is 3.71. The van der Waals surface area contributed by atoms with Crippen LogP contribution < -0.4 is 5.73 Å². The highest BCUT2D eigenvalue weighted by atomic mass is 35.5. The maximum atomic E-state index is 8.73. The summed E-state index contributed by atoms with van der Waals surface area (Å²) in [5.41, 5.74) is 7.00. The quantitative estimate of drug-likeness (QED) is 0.299. The van der Waals surface area contributed by atoms with Crippen LogP contribution in [0.25, 0.3) is 0 Å². The van der Waals surface area contributed by atoms with Crippen LogP contribution in [0, 0.1) is 0 Å². The fourth-order valence-corrected chi connectivity index (χ4v) is 2.75. The molecule has 0 aliphatic heterocycles. The predicted molar refractivity (Wildman–Crippen MR) is 77.8 cm³/mol. The van der Waals surface area contributed by atoms with E-state index in [1.807, 2.05) is 36.4 Å². The van der Waals surface area contributed by atoms with Gasteiger partial charge in [-0.25, -0.2) is 0 Å². The largest absolute Gasteiger partial charge is 0.409 e. The second-order valence-corrected chi connectivity index (χ2v) is 5.23. The second kappa shape index (κ2) is 6.45. The number of rotatable bonds is 4. The number of hydrogen-bond donors (Lipinski definition) is 2. The maximum absolute atomic E-state index is 8.73. The molecule has 0 atom stereocenters. The number of pyridine rings is 1. The molecule has 0 aliphatic carbocycles. The van der Waals surface area contributed by atoms with Crippen LogP contribution in [0.5, 0.6) is 0 Å². The Morgan fingerprint density at radius 2 is 2.21 bits per heavy atom. The van der Waals surface area contributed by atoms with Gasteiger partial charge in [0.15, 0.2) is 5.84 Å². The number of amidine groups is 1. The fourth-order valence-electron chi connectivity index (χ4n) is 1.55. The molecule has 0 spiro atoms. The van der Waals surface area contributed by atoms with Gasteiger partial charge in [-0.05, 0) is 29.8 Å². The first kappa shape index (κ1) is 13.7. The highest BCUT2D eigenvalue weighted by Crippen LogP contribution is 2.25. The third kappa shape index (κ3) is 3.62. The van der Waals surface area contributed by atoms with Crippen molar-refractivity contribution in [1.29, 1.82) is 0 Å². The lowest BCUT2D eigenvalue weighted by Crippen LogP contribution is -2.17. The van der Waals surface area contributed by atoms with Gasteiger partial charge in [0.25, 0.3) is 0 Å². The summed E-state index contributed by atoms with van der Waals surface area (Å²) in [6.07, 6.45) is 1.61. The molecule has 6 heteroatoms. The molecule has 0 saturated carbocycles. The average molecular weight is 294 g/mol. The summed E-state index contributed by atoms with van der Waals surface area (Å²) in [4.78, 5) is 5.18. The highest BCUT2D eigenvalue weighted by molar-refractivity contribution is 7.98. The summed E-state index contributed by atoms with van der Waals surface area (Å²) in [5.74, 6) is 0.682. The van der Waals surface area contributed by atoms with Crippen molar-refractivity contribution in [2.45, 2.75) is 10.6 Å². The fraction of sp³-hybridized carbons (Fsp3) is 0.0769. The molecule has 2 rings (SSSR count). The van der Waals surface area contributed by atoms with Gasteiger partial charge in [0.2, 0.25) is 0 Å². The van der Waals surface area contributed by atoms with E-state index in [9.17, 15) is 0 Å². The van der Waals surface area contributed by atoms with Gasteiger partial charge in [-0.15, -0.1) is 11.8 Å². The second-order valence-electron chi connectivity index (χ2n) is 3.74. The summed E-state index contributed by atoms with van der Waals surface area (Å²) < 4.78 is 0. The molecule has 0 bridgehead atoms. The molecule has 0 aliphatic rings. The summed E-state index contributed by atoms with van der Waals surface area (Å²) in [7, 11) is 0. The minimum atomic E-state index is 0.0160. The van der Waals surface area contributed by atoms with Crippen LogP contribution in [0.1, 0.15) is 11.3 Å². The molecule has 1 aromatic carbocycles. The van der Waals surface area contributed by atoms with Gasteiger partial charge in [0.1, 0.15) is 5.69 Å². The molecule has 0 unspecified atom stereocenters. The first-order valence-corrected chi connectivity index (χ1v) is 6.87. The Labute approximate surface area is 120 Å². The molecule has 4 nitrogen and oxygen atoms in total. The molecular formula is C13H12ClN3OS. The van der Waals surface area contributed by atoms with Crippen molar-refractivity contribution in [1.82, 2.24) is 4.98 Å². The van der Waals surface area contributed by atoms with Crippen molar-refractivity contribution >= 4 is 29.2 Å². The van der Waals surface area contributed by atoms with Crippen molar-refractivity contribution in [3.05, 3.63) is 58.9 Å². The van der Waals surface area contributed by atoms with E-state index in [4.69, 9.17) is 22.5 Å². The Morgan fingerprint density at radius 1 is 1.37 bits per heavy atom. The van der Waals surface area contributed by atoms with Gasteiger partial charge in [0.05, 0.1) is 0 Å². The number of benzene rings is 1. The van der Waals surface area contributed by atoms with Crippen LogP contribution in [0.4, 0.5) is 0 Å². The van der Waals surface area contributed by atoms with E-state index >= 15 is 0 Å². The number of nitrogens with zero attached hydrogens (tertiary/aromatic N) is 2. The summed E-state index contributed by atoms with van der Waals surface area (Å²) in [6.45, 7) is 0. The van der Waals surface area contributed by atoms with E-state index < -0.39 is 0 Å². The number of hydrogen-bond acceptors (Lipinski definition) is 4. The van der Waals surface area contributed by atoms with Crippen molar-refractivity contribution in [2.24, 2.45) is 10.9 Å². The molecule has 0 amide bonds. The van der Waals surface area contributed by atoms with Crippen LogP contribution in [0.15, 0.2) is 52.6 Å². The standard InChI is InChI=1S/C13H12ClN3OS/c14-10-4-1-5-11(7-10)19-8-9-3-2-6-16-12(9)13(15)17-18/h1-7,18H,8H2,(H2,15,17). The minimum Gasteiger partial charge on any atom is -0.409 e. The van der Waals surface area contributed by atoms with Gasteiger partial charge in [-0.2, -0.15) is 0 Å². The monoisotopic (exact) mass is 293 g/mol. The Hall–Kier alpha value is -1.72. The van der Waals surface area contributed by atoms with E-state index in [1.165, 1.54) is 0 Å². The SMILES string of the molecule is NC(=NO)c1ncccc1CSc1cccc(Cl)c1. The van der Waals surface area contributed by atoms with E-state index in [-0.39, 0.29) is 5.84 Å². The maximum Gasteiger partial charge on any atom is 0.189 e. The molecule has 1 heterocycles. The van der Waals surface area contributed by atoms with Crippen molar-refractivity contribution in [3.63, 3.8) is 0 Å². The molecular weight excluding hydrogens is 282 g/mol. The van der Waals surface area contributed by atoms with E-state index in [2.05, 4.69) is 10.1 Å². The zero-order valence-electron chi connectivity index (χ0n) is 9.95. The topological polar surface area (TPSA) is 71.5 Å². The summed E-state index contributed by atoms with van der Waals surface area (Å²) in [6, 6.07) is 11.3. The van der Waals surface area contributed by atoms with Crippen LogP contribution in [-0.2, 0) is 5.75 Å². The van der Waals surface area contributed by atoms with Crippen LogP contribution in [0.3, 0.4) is 0 Å². The lowest BCUT2D eigenvalue weighted by molar-refractivity contribution is 0.318. The zero-order chi connectivity index (χ0) is 13.7.